The maximum Gasteiger partial charge on any atom is 0.187 e. The Labute approximate surface area is 380 Å². The fraction of sp³-hybridized carbons (Fsp3) is 1.00. The topological polar surface area (TPSA) is 357 Å². The first-order valence-corrected chi connectivity index (χ1v) is 23.5. The van der Waals surface area contributed by atoms with E-state index in [0.717, 1.165) is 64.2 Å². The van der Waals surface area contributed by atoms with E-state index in [1.807, 2.05) is 0 Å². The highest BCUT2D eigenvalue weighted by molar-refractivity contribution is 4.96. The molecule has 0 radical (unpaired) electrons. The lowest BCUT2D eigenvalue weighted by atomic mass is 9.79. The van der Waals surface area contributed by atoms with Crippen LogP contribution in [0.4, 0.5) is 0 Å². The lowest BCUT2D eigenvalue weighted by Gasteiger charge is -2.47. The van der Waals surface area contributed by atoms with E-state index < -0.39 is 155 Å². The van der Waals surface area contributed by atoms with E-state index in [1.54, 1.807) is 0 Å². The van der Waals surface area contributed by atoms with Gasteiger partial charge in [0.2, 0.25) is 0 Å². The highest BCUT2D eigenvalue weighted by atomic mass is 16.8. The van der Waals surface area contributed by atoms with Crippen molar-refractivity contribution < 1.29 is 109 Å². The summed E-state index contributed by atoms with van der Waals surface area (Å²) in [4.78, 5) is 0. The van der Waals surface area contributed by atoms with Crippen LogP contribution in [0.25, 0.3) is 0 Å². The molecule has 0 saturated carbocycles. The Balaban J connectivity index is 1.52. The van der Waals surface area contributed by atoms with Crippen molar-refractivity contribution in [1.29, 1.82) is 0 Å². The van der Waals surface area contributed by atoms with Gasteiger partial charge < -0.3 is 109 Å². The summed E-state index contributed by atoms with van der Waals surface area (Å²) < 4.78 is 46.7. The van der Waals surface area contributed by atoms with Crippen molar-refractivity contribution in [3.8, 4) is 0 Å². The van der Waals surface area contributed by atoms with Gasteiger partial charge in [-0.15, -0.1) is 0 Å². The summed E-state index contributed by atoms with van der Waals surface area (Å²) in [6.45, 7) is 0.932. The van der Waals surface area contributed by atoms with Crippen LogP contribution in [-0.4, -0.2) is 234 Å². The van der Waals surface area contributed by atoms with Crippen LogP contribution in [0.15, 0.2) is 0 Å². The van der Waals surface area contributed by atoms with E-state index in [-0.39, 0.29) is 13.2 Å². The summed E-state index contributed by atoms with van der Waals surface area (Å²) in [7, 11) is 0. The fourth-order valence-corrected chi connectivity index (χ4v) is 8.92. The second kappa shape index (κ2) is 28.1. The SMILES string of the molecule is CCCCCCCCCCC(CCCCCC)(CO[C@H]1O[C@@H](CO)[C@H](O[C@@H]2O[C@@H](CO)[C@H](O)[C@@H](O)[C@@H]2O)[C@@H](O)[C@@H]1O)CO[C@H]1O[C@@H](CO)[C@H](O[C@@H]2O[C@@H](CO)[C@H](O)[C@@H](O)[C@@H]2O)[C@@H](O)[C@H]1O. The molecule has 4 aliphatic heterocycles. The Bertz CT molecular complexity index is 1210. The van der Waals surface area contributed by atoms with E-state index in [1.165, 1.54) is 6.42 Å². The fourth-order valence-electron chi connectivity index (χ4n) is 8.92. The largest absolute Gasteiger partial charge is 0.394 e. The number of ether oxygens (including phenoxy) is 8. The van der Waals surface area contributed by atoms with Crippen LogP contribution in [0.2, 0.25) is 0 Å². The Kier molecular flexibility index (Phi) is 24.5. The molecule has 0 aliphatic carbocycles. The third kappa shape index (κ3) is 15.1. The lowest BCUT2D eigenvalue weighted by Crippen LogP contribution is -2.65. The van der Waals surface area contributed by atoms with E-state index in [0.29, 0.717) is 19.3 Å². The summed E-state index contributed by atoms with van der Waals surface area (Å²) >= 11 is 0. The number of hydrogen-bond donors (Lipinski definition) is 14. The Morgan fingerprint density at radius 2 is 0.662 bits per heavy atom. The van der Waals surface area contributed by atoms with Crippen LogP contribution >= 0.6 is 0 Å². The second-order valence-corrected chi connectivity index (χ2v) is 18.2. The molecular weight excluding hydrogens is 868 g/mol. The van der Waals surface area contributed by atoms with Crippen molar-refractivity contribution in [3.63, 3.8) is 0 Å². The van der Waals surface area contributed by atoms with Gasteiger partial charge in [0.25, 0.3) is 0 Å². The summed E-state index contributed by atoms with van der Waals surface area (Å²) in [5.74, 6) is 0. The molecule has 384 valence electrons. The smallest absolute Gasteiger partial charge is 0.187 e. The molecule has 0 aromatic rings. The molecule has 21 atom stereocenters. The molecule has 65 heavy (non-hydrogen) atoms. The third-order valence-corrected chi connectivity index (χ3v) is 13.1. The molecular formula is C43H80O22. The minimum absolute atomic E-state index is 0.141. The first-order chi connectivity index (χ1) is 31.1. The van der Waals surface area contributed by atoms with Crippen LogP contribution in [-0.2, 0) is 37.9 Å². The third-order valence-electron chi connectivity index (χ3n) is 13.1. The highest BCUT2D eigenvalue weighted by Gasteiger charge is 2.53. The Morgan fingerprint density at radius 1 is 0.354 bits per heavy atom. The molecule has 0 bridgehead atoms. The van der Waals surface area contributed by atoms with Gasteiger partial charge in [-0.05, 0) is 12.8 Å². The summed E-state index contributed by atoms with van der Waals surface area (Å²) in [5, 5.41) is 147. The molecule has 0 spiro atoms. The van der Waals surface area contributed by atoms with Crippen LogP contribution in [0.1, 0.15) is 104 Å². The maximum absolute atomic E-state index is 11.4. The van der Waals surface area contributed by atoms with Crippen LogP contribution in [0, 0.1) is 5.41 Å². The van der Waals surface area contributed by atoms with Gasteiger partial charge in [0.1, 0.15) is 97.7 Å². The molecule has 0 aromatic heterocycles. The minimum atomic E-state index is -1.84. The zero-order valence-electron chi connectivity index (χ0n) is 37.7. The Morgan fingerprint density at radius 3 is 1.02 bits per heavy atom. The van der Waals surface area contributed by atoms with Crippen molar-refractivity contribution in [2.45, 2.75) is 227 Å². The average Bonchev–Trinajstić information content (AvgIpc) is 3.31. The van der Waals surface area contributed by atoms with Crippen LogP contribution in [0.5, 0.6) is 0 Å². The van der Waals surface area contributed by atoms with Gasteiger partial charge >= 0.3 is 0 Å². The molecule has 1 unspecified atom stereocenters. The molecule has 4 heterocycles. The molecule has 0 aromatic carbocycles. The van der Waals surface area contributed by atoms with Crippen molar-refractivity contribution >= 4 is 0 Å². The van der Waals surface area contributed by atoms with Crippen molar-refractivity contribution in [2.75, 3.05) is 39.6 Å². The van der Waals surface area contributed by atoms with E-state index in [4.69, 9.17) is 37.9 Å². The maximum atomic E-state index is 11.4. The molecule has 14 N–H and O–H groups in total. The predicted octanol–water partition coefficient (Wildman–Crippen LogP) is -3.24. The predicted molar refractivity (Wildman–Crippen MR) is 223 cm³/mol. The first-order valence-electron chi connectivity index (χ1n) is 23.5. The van der Waals surface area contributed by atoms with Crippen molar-refractivity contribution in [1.82, 2.24) is 0 Å². The molecule has 4 rings (SSSR count). The minimum Gasteiger partial charge on any atom is -0.394 e. The van der Waals surface area contributed by atoms with Gasteiger partial charge in [-0.1, -0.05) is 90.9 Å². The number of aliphatic hydroxyl groups excluding tert-OH is 14. The van der Waals surface area contributed by atoms with E-state index >= 15 is 0 Å². The number of aliphatic hydroxyl groups is 14. The second-order valence-electron chi connectivity index (χ2n) is 18.2. The first kappa shape index (κ1) is 56.7. The van der Waals surface area contributed by atoms with Crippen molar-refractivity contribution in [2.24, 2.45) is 5.41 Å². The number of rotatable bonds is 28. The monoisotopic (exact) mass is 949 g/mol. The van der Waals surface area contributed by atoms with Gasteiger partial charge in [0.05, 0.1) is 39.6 Å². The summed E-state index contributed by atoms with van der Waals surface area (Å²) in [5.41, 5.74) is -0.866. The zero-order valence-corrected chi connectivity index (χ0v) is 37.7. The van der Waals surface area contributed by atoms with Crippen LogP contribution in [0.3, 0.4) is 0 Å². The summed E-state index contributed by atoms with van der Waals surface area (Å²) in [6.07, 6.45) is -20.1. The zero-order chi connectivity index (χ0) is 47.8. The molecule has 22 nitrogen and oxygen atoms in total. The average molecular weight is 949 g/mol. The molecule has 0 amide bonds. The molecule has 4 saturated heterocycles. The van der Waals surface area contributed by atoms with Gasteiger partial charge in [0, 0.05) is 5.41 Å². The molecule has 4 fully saturated rings. The van der Waals surface area contributed by atoms with E-state index in [9.17, 15) is 71.5 Å². The quantitative estimate of drug-likeness (QED) is 0.0343. The van der Waals surface area contributed by atoms with E-state index in [2.05, 4.69) is 13.8 Å². The van der Waals surface area contributed by atoms with Crippen LogP contribution < -0.4 is 0 Å². The Hall–Kier alpha value is -0.880. The van der Waals surface area contributed by atoms with Gasteiger partial charge in [-0.3, -0.25) is 0 Å². The molecule has 22 heteroatoms. The van der Waals surface area contributed by atoms with Gasteiger partial charge in [-0.2, -0.15) is 0 Å². The van der Waals surface area contributed by atoms with Gasteiger partial charge in [0.15, 0.2) is 25.2 Å². The highest BCUT2D eigenvalue weighted by Crippen LogP contribution is 2.38. The number of unbranched alkanes of at least 4 members (excludes halogenated alkanes) is 10. The van der Waals surface area contributed by atoms with Gasteiger partial charge in [-0.25, -0.2) is 0 Å². The van der Waals surface area contributed by atoms with Crippen molar-refractivity contribution in [3.05, 3.63) is 0 Å². The summed E-state index contributed by atoms with van der Waals surface area (Å²) in [6, 6.07) is 0. The standard InChI is InChI=1S/C43H80O22/c1-3-5-7-9-10-11-12-14-16-43(15-13-8-6-4-2,21-58-39-35(56)31(52)37(25(19-46)62-39)64-41-33(54)29(50)27(48)23(17-44)60-41)22-59-40-36(57)32(53)38(26(20-47)63-40)65-42-34(55)30(51)28(49)24(18-45)61-42/h23-42,44-57H,3-22H2,1-2H3/t23-,24-,25-,26-,27-,28-,29+,30+,31-,32-,33-,34-,35-,36+,37-,38-,39-,40-,41-,42-,43?/m0/s1. The molecule has 4 aliphatic rings. The number of hydrogen-bond acceptors (Lipinski definition) is 22. The lowest BCUT2D eigenvalue weighted by molar-refractivity contribution is -0.365. The normalized spacial score (nSPS) is 41.4.